The molecule has 0 fully saturated rings. The second-order valence-electron chi connectivity index (χ2n) is 4.21. The maximum absolute atomic E-state index is 14.3. The van der Waals surface area contributed by atoms with E-state index < -0.39 is 0 Å². The average Bonchev–Trinajstić information content (AvgIpc) is 2.81. The van der Waals surface area contributed by atoms with E-state index in [1.165, 1.54) is 0 Å². The number of rotatable bonds is 5. The Balaban J connectivity index is 2.39. The quantitative estimate of drug-likeness (QED) is 0.690. The van der Waals surface area contributed by atoms with E-state index in [1.54, 1.807) is 17.4 Å². The number of hydrogen-bond acceptors (Lipinski definition) is 2. The molecule has 19 heavy (non-hydrogen) atoms. The van der Waals surface area contributed by atoms with Crippen molar-refractivity contribution in [2.24, 2.45) is 0 Å². The number of benzene rings is 1. The summed E-state index contributed by atoms with van der Waals surface area (Å²) in [6, 6.07) is 7.35. The highest BCUT2D eigenvalue weighted by Gasteiger charge is 2.19. The van der Waals surface area contributed by atoms with Crippen LogP contribution in [0.1, 0.15) is 30.5 Å². The van der Waals surface area contributed by atoms with E-state index >= 15 is 0 Å². The largest absolute Gasteiger partial charge is 0.306 e. The lowest BCUT2D eigenvalue weighted by molar-refractivity contribution is 0.544. The van der Waals surface area contributed by atoms with Crippen LogP contribution in [0, 0.1) is 5.82 Å². The van der Waals surface area contributed by atoms with Crippen LogP contribution in [-0.4, -0.2) is 6.54 Å². The minimum absolute atomic E-state index is 0.111. The zero-order valence-corrected chi connectivity index (χ0v) is 14.4. The summed E-state index contributed by atoms with van der Waals surface area (Å²) in [4.78, 5) is 0. The van der Waals surface area contributed by atoms with Crippen LogP contribution in [-0.2, 0) is 0 Å². The van der Waals surface area contributed by atoms with Crippen molar-refractivity contribution in [1.29, 1.82) is 0 Å². The molecule has 0 aliphatic heterocycles. The van der Waals surface area contributed by atoms with Crippen LogP contribution >= 0.6 is 43.2 Å². The standard InChI is InChI=1S/C14H14Br2FNS/c1-2-6-18-14(9-7-12(16)19-8-9)10-4-3-5-11(15)13(10)17/h3-5,7-8,14,18H,2,6H2,1H3. The summed E-state index contributed by atoms with van der Waals surface area (Å²) in [5, 5.41) is 5.46. The van der Waals surface area contributed by atoms with Crippen LogP contribution in [0.2, 0.25) is 0 Å². The van der Waals surface area contributed by atoms with Gasteiger partial charge in [0.05, 0.1) is 14.3 Å². The van der Waals surface area contributed by atoms with Gasteiger partial charge in [-0.3, -0.25) is 0 Å². The van der Waals surface area contributed by atoms with Crippen LogP contribution in [0.25, 0.3) is 0 Å². The van der Waals surface area contributed by atoms with Crippen LogP contribution in [0.3, 0.4) is 0 Å². The fourth-order valence-electron chi connectivity index (χ4n) is 1.91. The predicted molar refractivity (Wildman–Crippen MR) is 86.3 cm³/mol. The van der Waals surface area contributed by atoms with Gasteiger partial charge in [0.25, 0.3) is 0 Å². The van der Waals surface area contributed by atoms with Gasteiger partial charge < -0.3 is 5.32 Å². The summed E-state index contributed by atoms with van der Waals surface area (Å²) in [6.45, 7) is 2.95. The molecule has 1 aromatic heterocycles. The summed E-state index contributed by atoms with van der Waals surface area (Å²) < 4.78 is 15.8. The third kappa shape index (κ3) is 3.66. The van der Waals surface area contributed by atoms with Crippen molar-refractivity contribution in [3.05, 3.63) is 54.8 Å². The Morgan fingerprint density at radius 3 is 2.79 bits per heavy atom. The topological polar surface area (TPSA) is 12.0 Å². The molecule has 0 saturated carbocycles. The maximum atomic E-state index is 14.3. The Bertz CT molecular complexity index is 556. The van der Waals surface area contributed by atoms with Gasteiger partial charge in [-0.05, 0) is 67.9 Å². The summed E-state index contributed by atoms with van der Waals surface area (Å²) in [5.41, 5.74) is 1.76. The molecule has 1 heterocycles. The predicted octanol–water partition coefficient (Wildman–Crippen LogP) is 5.50. The molecular formula is C14H14Br2FNS. The van der Waals surface area contributed by atoms with Crippen molar-refractivity contribution < 1.29 is 4.39 Å². The third-order valence-corrected chi connectivity index (χ3v) is 4.95. The van der Waals surface area contributed by atoms with Gasteiger partial charge in [0.2, 0.25) is 0 Å². The van der Waals surface area contributed by atoms with Gasteiger partial charge in [0, 0.05) is 5.56 Å². The molecule has 5 heteroatoms. The number of thiophene rings is 1. The number of hydrogen-bond donors (Lipinski definition) is 1. The first-order chi connectivity index (χ1) is 9.13. The number of halogens is 3. The van der Waals surface area contributed by atoms with Gasteiger partial charge in [0.1, 0.15) is 5.82 Å². The monoisotopic (exact) mass is 405 g/mol. The Morgan fingerprint density at radius 2 is 2.16 bits per heavy atom. The minimum Gasteiger partial charge on any atom is -0.306 e. The highest BCUT2D eigenvalue weighted by atomic mass is 79.9. The number of nitrogens with one attached hydrogen (secondary N) is 1. The second-order valence-corrected chi connectivity index (χ2v) is 7.36. The van der Waals surface area contributed by atoms with E-state index in [0.29, 0.717) is 10.0 Å². The molecule has 1 N–H and O–H groups in total. The lowest BCUT2D eigenvalue weighted by Gasteiger charge is -2.19. The highest BCUT2D eigenvalue weighted by molar-refractivity contribution is 9.11. The van der Waals surface area contributed by atoms with Gasteiger partial charge in [-0.15, -0.1) is 11.3 Å². The fraction of sp³-hybridized carbons (Fsp3) is 0.286. The first-order valence-corrected chi connectivity index (χ1v) is 8.51. The van der Waals surface area contributed by atoms with Gasteiger partial charge in [-0.25, -0.2) is 4.39 Å². The zero-order chi connectivity index (χ0) is 13.8. The second kappa shape index (κ2) is 6.97. The molecular weight excluding hydrogens is 393 g/mol. The molecule has 0 aliphatic rings. The van der Waals surface area contributed by atoms with E-state index in [2.05, 4.69) is 49.5 Å². The first-order valence-electron chi connectivity index (χ1n) is 6.04. The summed E-state index contributed by atoms with van der Waals surface area (Å²) in [5.74, 6) is -0.196. The molecule has 0 radical (unpaired) electrons. The molecule has 1 nitrogen and oxygen atoms in total. The molecule has 0 spiro atoms. The Labute approximate surface area is 133 Å². The van der Waals surface area contributed by atoms with Crippen molar-refractivity contribution in [2.45, 2.75) is 19.4 Å². The van der Waals surface area contributed by atoms with E-state index in [9.17, 15) is 4.39 Å². The van der Waals surface area contributed by atoms with Gasteiger partial charge >= 0.3 is 0 Å². The molecule has 0 bridgehead atoms. The smallest absolute Gasteiger partial charge is 0.142 e. The summed E-state index contributed by atoms with van der Waals surface area (Å²) in [6.07, 6.45) is 1.01. The summed E-state index contributed by atoms with van der Waals surface area (Å²) in [7, 11) is 0. The molecule has 0 aliphatic carbocycles. The zero-order valence-electron chi connectivity index (χ0n) is 10.4. The molecule has 102 valence electrons. The van der Waals surface area contributed by atoms with E-state index in [4.69, 9.17) is 0 Å². The van der Waals surface area contributed by atoms with E-state index in [0.717, 1.165) is 22.3 Å². The Morgan fingerprint density at radius 1 is 1.37 bits per heavy atom. The SMILES string of the molecule is CCCNC(c1csc(Br)c1)c1cccc(Br)c1F. The van der Waals surface area contributed by atoms with Gasteiger partial charge in [0.15, 0.2) is 0 Å². The maximum Gasteiger partial charge on any atom is 0.142 e. The molecule has 1 aromatic carbocycles. The van der Waals surface area contributed by atoms with Crippen molar-refractivity contribution in [3.8, 4) is 0 Å². The third-order valence-electron chi connectivity index (χ3n) is 2.81. The average molecular weight is 407 g/mol. The van der Waals surface area contributed by atoms with Crippen molar-refractivity contribution in [3.63, 3.8) is 0 Å². The Hall–Kier alpha value is -0.230. The lowest BCUT2D eigenvalue weighted by Crippen LogP contribution is -2.23. The normalized spacial score (nSPS) is 12.6. The molecule has 2 aromatic rings. The van der Waals surface area contributed by atoms with E-state index in [-0.39, 0.29) is 11.9 Å². The molecule has 0 saturated heterocycles. The molecule has 1 atom stereocenters. The Kier molecular flexibility index (Phi) is 5.57. The van der Waals surface area contributed by atoms with Crippen LogP contribution < -0.4 is 5.32 Å². The van der Waals surface area contributed by atoms with E-state index in [1.807, 2.05) is 18.2 Å². The van der Waals surface area contributed by atoms with Gasteiger partial charge in [-0.2, -0.15) is 0 Å². The van der Waals surface area contributed by atoms with Crippen LogP contribution in [0.5, 0.6) is 0 Å². The molecule has 2 rings (SSSR count). The van der Waals surface area contributed by atoms with Crippen molar-refractivity contribution in [2.75, 3.05) is 6.54 Å². The lowest BCUT2D eigenvalue weighted by atomic mass is 10.0. The van der Waals surface area contributed by atoms with Crippen LogP contribution in [0.15, 0.2) is 37.9 Å². The molecule has 0 amide bonds. The van der Waals surface area contributed by atoms with Crippen molar-refractivity contribution in [1.82, 2.24) is 5.32 Å². The van der Waals surface area contributed by atoms with Crippen LogP contribution in [0.4, 0.5) is 4.39 Å². The highest BCUT2D eigenvalue weighted by Crippen LogP contribution is 2.32. The summed E-state index contributed by atoms with van der Waals surface area (Å²) >= 11 is 8.33. The van der Waals surface area contributed by atoms with Crippen molar-refractivity contribution >= 4 is 43.2 Å². The first kappa shape index (κ1) is 15.2. The fourth-order valence-corrected chi connectivity index (χ4v) is 3.50. The minimum atomic E-state index is -0.196. The molecule has 1 unspecified atom stereocenters. The van der Waals surface area contributed by atoms with Gasteiger partial charge in [-0.1, -0.05) is 19.1 Å².